The van der Waals surface area contributed by atoms with Gasteiger partial charge in [-0.05, 0) is 55.0 Å². The normalized spacial score (nSPS) is 14.2. The van der Waals surface area contributed by atoms with Crippen molar-refractivity contribution in [2.75, 3.05) is 11.9 Å². The summed E-state index contributed by atoms with van der Waals surface area (Å²) in [6, 6.07) is 8.71. The topological polar surface area (TPSA) is 85.6 Å². The van der Waals surface area contributed by atoms with Crippen LogP contribution < -0.4 is 10.7 Å². The van der Waals surface area contributed by atoms with Crippen molar-refractivity contribution in [2.45, 2.75) is 19.8 Å². The van der Waals surface area contributed by atoms with Crippen LogP contribution in [-0.4, -0.2) is 18.5 Å². The minimum atomic E-state index is -0.959. The Bertz CT molecular complexity index is 1160. The number of esters is 1. The van der Waals surface area contributed by atoms with E-state index < -0.39 is 11.9 Å². The van der Waals surface area contributed by atoms with Gasteiger partial charge in [0.1, 0.15) is 11.3 Å². The average molecular weight is 395 g/mol. The van der Waals surface area contributed by atoms with E-state index >= 15 is 0 Å². The second-order valence-corrected chi connectivity index (χ2v) is 7.29. The summed E-state index contributed by atoms with van der Waals surface area (Å²) in [5.41, 5.74) is 2.32. The fourth-order valence-electron chi connectivity index (χ4n) is 3.23. The molecule has 28 heavy (non-hydrogen) atoms. The van der Waals surface area contributed by atoms with Crippen LogP contribution in [0.25, 0.3) is 22.6 Å². The maximum Gasteiger partial charge on any atom is 0.397 e. The van der Waals surface area contributed by atoms with E-state index in [1.165, 1.54) is 0 Å². The zero-order chi connectivity index (χ0) is 19.7. The molecule has 0 bridgehead atoms. The fraction of sp³-hybridized carbons (Fsp3) is 0.190. The highest BCUT2D eigenvalue weighted by Crippen LogP contribution is 2.35. The Kier molecular flexibility index (Phi) is 4.83. The largest absolute Gasteiger partial charge is 0.459 e. The fourth-order valence-corrected chi connectivity index (χ4v) is 3.91. The Balaban J connectivity index is 1.72. The molecule has 1 aromatic carbocycles. The molecule has 2 heterocycles. The van der Waals surface area contributed by atoms with Gasteiger partial charge in [0.05, 0.1) is 12.0 Å². The molecule has 3 aromatic rings. The first kappa shape index (κ1) is 18.2. The summed E-state index contributed by atoms with van der Waals surface area (Å²) in [6.45, 7) is 1.74. The molecule has 0 atom stereocenters. The molecule has 0 radical (unpaired) electrons. The van der Waals surface area contributed by atoms with Crippen molar-refractivity contribution in [3.05, 3.63) is 62.1 Å². The summed E-state index contributed by atoms with van der Waals surface area (Å²) in [6.07, 6.45) is 3.43. The van der Waals surface area contributed by atoms with Crippen LogP contribution in [0.4, 0.5) is 5.69 Å². The summed E-state index contributed by atoms with van der Waals surface area (Å²) in [5.74, 6) is -1.23. The zero-order valence-electron chi connectivity index (χ0n) is 15.1. The van der Waals surface area contributed by atoms with E-state index in [1.54, 1.807) is 36.5 Å². The minimum absolute atomic E-state index is 0.0610. The van der Waals surface area contributed by atoms with Crippen LogP contribution in [0, 0.1) is 0 Å². The van der Waals surface area contributed by atoms with Gasteiger partial charge in [-0.2, -0.15) is 0 Å². The van der Waals surface area contributed by atoms with Crippen molar-refractivity contribution in [3.63, 3.8) is 0 Å². The van der Waals surface area contributed by atoms with E-state index in [4.69, 9.17) is 4.42 Å². The van der Waals surface area contributed by atoms with Crippen LogP contribution in [0.1, 0.15) is 29.5 Å². The molecule has 1 aliphatic carbocycles. The van der Waals surface area contributed by atoms with E-state index in [0.29, 0.717) is 34.4 Å². The van der Waals surface area contributed by atoms with Gasteiger partial charge in [0.25, 0.3) is 0 Å². The number of allylic oxidation sites excluding steroid dienone is 1. The van der Waals surface area contributed by atoms with Gasteiger partial charge < -0.3 is 14.5 Å². The molecule has 6 nitrogen and oxygen atoms in total. The number of nitrogens with one attached hydrogen (secondary N) is 1. The van der Waals surface area contributed by atoms with E-state index in [-0.39, 0.29) is 12.0 Å². The highest BCUT2D eigenvalue weighted by molar-refractivity contribution is 7.10. The molecule has 0 aliphatic heterocycles. The summed E-state index contributed by atoms with van der Waals surface area (Å²) >= 11 is 1.62. The van der Waals surface area contributed by atoms with Crippen molar-refractivity contribution in [2.24, 2.45) is 0 Å². The number of thiophene rings is 1. The Labute approximate surface area is 164 Å². The summed E-state index contributed by atoms with van der Waals surface area (Å²) in [5, 5.41) is 4.91. The van der Waals surface area contributed by atoms with Crippen LogP contribution in [-0.2, 0) is 20.7 Å². The number of hydrogen-bond donors (Lipinski definition) is 1. The first-order valence-electron chi connectivity index (χ1n) is 8.89. The summed E-state index contributed by atoms with van der Waals surface area (Å²) < 4.78 is 10.7. The molecule has 1 aliphatic rings. The van der Waals surface area contributed by atoms with Gasteiger partial charge in [-0.15, -0.1) is 11.3 Å². The van der Waals surface area contributed by atoms with Crippen molar-refractivity contribution in [3.8, 4) is 0 Å². The van der Waals surface area contributed by atoms with Gasteiger partial charge in [-0.1, -0.05) is 6.07 Å². The van der Waals surface area contributed by atoms with Crippen molar-refractivity contribution < 1.29 is 18.7 Å². The molecule has 142 valence electrons. The Hall–Kier alpha value is -3.19. The predicted molar refractivity (Wildman–Crippen MR) is 108 cm³/mol. The van der Waals surface area contributed by atoms with Crippen LogP contribution in [0.3, 0.4) is 0 Å². The number of carbonyl (C=O) groups excluding carboxylic acids is 2. The summed E-state index contributed by atoms with van der Waals surface area (Å²) in [7, 11) is 0. The molecule has 2 aromatic heterocycles. The monoisotopic (exact) mass is 395 g/mol. The first-order chi connectivity index (χ1) is 13.6. The molecule has 0 saturated carbocycles. The Morgan fingerprint density at radius 3 is 2.89 bits per heavy atom. The lowest BCUT2D eigenvalue weighted by atomic mass is 10.1. The Morgan fingerprint density at radius 2 is 2.14 bits per heavy atom. The van der Waals surface area contributed by atoms with Gasteiger partial charge in [-0.25, -0.2) is 4.79 Å². The first-order valence-corrected chi connectivity index (χ1v) is 9.77. The third-order valence-electron chi connectivity index (χ3n) is 4.50. The number of hydrogen-bond acceptors (Lipinski definition) is 6. The quantitative estimate of drug-likeness (QED) is 0.538. The molecular weight excluding hydrogens is 378 g/mol. The predicted octanol–water partition coefficient (Wildman–Crippen LogP) is 3.84. The van der Waals surface area contributed by atoms with Crippen LogP contribution in [0.2, 0.25) is 0 Å². The molecule has 1 amide bonds. The minimum Gasteiger partial charge on any atom is -0.459 e. The number of amides is 1. The number of carbonyl (C=O) groups is 2. The van der Waals surface area contributed by atoms with Crippen molar-refractivity contribution in [1.29, 1.82) is 0 Å². The highest BCUT2D eigenvalue weighted by atomic mass is 32.1. The van der Waals surface area contributed by atoms with Gasteiger partial charge in [0.15, 0.2) is 5.43 Å². The lowest BCUT2D eigenvalue weighted by molar-refractivity contribution is -0.152. The number of anilines is 1. The van der Waals surface area contributed by atoms with Crippen LogP contribution in [0.15, 0.2) is 44.9 Å². The molecule has 1 N–H and O–H groups in total. The molecule has 0 saturated heterocycles. The maximum absolute atomic E-state index is 12.8. The van der Waals surface area contributed by atoms with Gasteiger partial charge >= 0.3 is 11.9 Å². The maximum atomic E-state index is 12.8. The molecular formula is C21H17NO5S. The highest BCUT2D eigenvalue weighted by Gasteiger charge is 2.24. The van der Waals surface area contributed by atoms with Crippen molar-refractivity contribution in [1.82, 2.24) is 0 Å². The average Bonchev–Trinajstić information content (AvgIpc) is 3.33. The van der Waals surface area contributed by atoms with Gasteiger partial charge in [0, 0.05) is 22.2 Å². The molecule has 7 heteroatoms. The molecule has 0 spiro atoms. The number of rotatable bonds is 3. The van der Waals surface area contributed by atoms with E-state index in [9.17, 15) is 14.4 Å². The molecule has 4 rings (SSSR count). The zero-order valence-corrected chi connectivity index (χ0v) is 15.9. The third kappa shape index (κ3) is 3.36. The lowest BCUT2D eigenvalue weighted by Crippen LogP contribution is -2.25. The number of ether oxygens (including phenoxy) is 1. The second kappa shape index (κ2) is 7.44. The third-order valence-corrected chi connectivity index (χ3v) is 5.32. The summed E-state index contributed by atoms with van der Waals surface area (Å²) in [4.78, 5) is 37.3. The molecule has 0 unspecified atom stereocenters. The smallest absolute Gasteiger partial charge is 0.397 e. The lowest BCUT2D eigenvalue weighted by Gasteiger charge is -2.07. The second-order valence-electron chi connectivity index (χ2n) is 6.31. The van der Waals surface area contributed by atoms with Gasteiger partial charge in [0.2, 0.25) is 0 Å². The van der Waals surface area contributed by atoms with Crippen LogP contribution in [0.5, 0.6) is 0 Å². The Morgan fingerprint density at radius 1 is 1.29 bits per heavy atom. The van der Waals surface area contributed by atoms with E-state index in [2.05, 4.69) is 10.1 Å². The SMILES string of the molecule is CCOC(=O)C(=O)Nc1ccc2c(=O)c3c(oc2c1)C(=Cc1cccs1)CC3. The van der Waals surface area contributed by atoms with Crippen LogP contribution >= 0.6 is 11.3 Å². The standard InChI is InChI=1S/C21H17NO5S/c1-2-26-21(25)20(24)22-13-6-8-15-17(11-13)27-19-12(5-7-16(19)18(15)23)10-14-4-3-9-28-14/h3-4,6,8-11H,2,5,7H2,1H3,(H,22,24). The number of fused-ring (bicyclic) bond motifs is 2. The van der Waals surface area contributed by atoms with Crippen molar-refractivity contribution >= 4 is 51.5 Å². The van der Waals surface area contributed by atoms with E-state index in [1.807, 2.05) is 23.6 Å². The van der Waals surface area contributed by atoms with E-state index in [0.717, 1.165) is 16.9 Å². The molecule has 0 fully saturated rings. The number of benzene rings is 1. The van der Waals surface area contributed by atoms with Gasteiger partial charge in [-0.3, -0.25) is 9.59 Å².